The second kappa shape index (κ2) is 6.84. The molecular weight excluding hydrogens is 328 g/mol. The number of thiophene rings is 1. The van der Waals surface area contributed by atoms with E-state index < -0.39 is 11.9 Å². The van der Waals surface area contributed by atoms with E-state index in [2.05, 4.69) is 5.32 Å². The van der Waals surface area contributed by atoms with Crippen LogP contribution in [0.3, 0.4) is 0 Å². The number of ether oxygens (including phenoxy) is 1. The van der Waals surface area contributed by atoms with Gasteiger partial charge in [0.1, 0.15) is 5.75 Å². The predicted octanol–water partition coefficient (Wildman–Crippen LogP) is 2.38. The van der Waals surface area contributed by atoms with Gasteiger partial charge in [-0.1, -0.05) is 0 Å². The molecule has 0 spiro atoms. The number of benzene rings is 1. The number of hydrogen-bond donors (Lipinski definition) is 1. The molecule has 2 amide bonds. The van der Waals surface area contributed by atoms with Crippen LogP contribution in [-0.4, -0.2) is 36.3 Å². The lowest BCUT2D eigenvalue weighted by Crippen LogP contribution is -2.24. The first kappa shape index (κ1) is 16.2. The van der Waals surface area contributed by atoms with Crippen molar-refractivity contribution in [1.82, 2.24) is 4.90 Å². The van der Waals surface area contributed by atoms with Gasteiger partial charge in [0.25, 0.3) is 5.91 Å². The van der Waals surface area contributed by atoms with E-state index >= 15 is 0 Å². The summed E-state index contributed by atoms with van der Waals surface area (Å²) in [4.78, 5) is 37.0. The van der Waals surface area contributed by atoms with E-state index in [1.165, 1.54) is 16.2 Å². The Balaban J connectivity index is 1.57. The number of carbonyl (C=O) groups is 3. The van der Waals surface area contributed by atoms with Gasteiger partial charge in [-0.15, -0.1) is 0 Å². The summed E-state index contributed by atoms with van der Waals surface area (Å²) in [5, 5.41) is 6.37. The van der Waals surface area contributed by atoms with E-state index in [9.17, 15) is 14.4 Å². The van der Waals surface area contributed by atoms with Crippen molar-refractivity contribution >= 4 is 34.8 Å². The van der Waals surface area contributed by atoms with Crippen molar-refractivity contribution in [3.8, 4) is 5.75 Å². The molecule has 124 valence electrons. The van der Waals surface area contributed by atoms with E-state index in [0.29, 0.717) is 23.5 Å². The van der Waals surface area contributed by atoms with Crippen molar-refractivity contribution in [1.29, 1.82) is 0 Å². The molecule has 1 fully saturated rings. The summed E-state index contributed by atoms with van der Waals surface area (Å²) in [6, 6.07) is 8.30. The van der Waals surface area contributed by atoms with Gasteiger partial charge < -0.3 is 15.0 Å². The van der Waals surface area contributed by atoms with E-state index in [1.54, 1.807) is 42.8 Å². The van der Waals surface area contributed by atoms with Gasteiger partial charge in [-0.2, -0.15) is 11.3 Å². The van der Waals surface area contributed by atoms with Crippen molar-refractivity contribution in [3.63, 3.8) is 0 Å². The molecule has 1 aromatic carbocycles. The zero-order chi connectivity index (χ0) is 17.1. The Morgan fingerprint density at radius 3 is 2.58 bits per heavy atom. The van der Waals surface area contributed by atoms with Gasteiger partial charge in [0.05, 0.1) is 11.5 Å². The standard InChI is InChI=1S/C17H16N2O4S/c1-19-9-12(8-15(19)20)17(22)23-14-4-2-13(3-5-14)18-16(21)11-6-7-24-10-11/h2-7,10,12H,8-9H2,1H3,(H,18,21). The van der Waals surface area contributed by atoms with Gasteiger partial charge in [0, 0.05) is 31.1 Å². The van der Waals surface area contributed by atoms with E-state index in [4.69, 9.17) is 4.74 Å². The molecule has 0 saturated carbocycles. The first-order valence-corrected chi connectivity index (χ1v) is 8.36. The van der Waals surface area contributed by atoms with Gasteiger partial charge in [-0.3, -0.25) is 14.4 Å². The normalized spacial score (nSPS) is 17.0. The maximum Gasteiger partial charge on any atom is 0.316 e. The number of carbonyl (C=O) groups excluding carboxylic acids is 3. The van der Waals surface area contributed by atoms with Crippen molar-refractivity contribution in [3.05, 3.63) is 46.7 Å². The van der Waals surface area contributed by atoms with Crippen LogP contribution in [0.2, 0.25) is 0 Å². The Hall–Kier alpha value is -2.67. The molecular formula is C17H16N2O4S. The summed E-state index contributed by atoms with van der Waals surface area (Å²) in [5.74, 6) is -0.698. The summed E-state index contributed by atoms with van der Waals surface area (Å²) >= 11 is 1.45. The van der Waals surface area contributed by atoms with Crippen LogP contribution in [0.15, 0.2) is 41.1 Å². The van der Waals surface area contributed by atoms with Crippen LogP contribution in [0.25, 0.3) is 0 Å². The van der Waals surface area contributed by atoms with Crippen LogP contribution in [0.4, 0.5) is 5.69 Å². The summed E-state index contributed by atoms with van der Waals surface area (Å²) < 4.78 is 5.30. The third-order valence-electron chi connectivity index (χ3n) is 3.79. The lowest BCUT2D eigenvalue weighted by Gasteiger charge is -2.10. The molecule has 1 saturated heterocycles. The Morgan fingerprint density at radius 2 is 2.00 bits per heavy atom. The maximum atomic E-state index is 12.1. The second-order valence-electron chi connectivity index (χ2n) is 5.59. The molecule has 3 rings (SSSR count). The molecule has 0 bridgehead atoms. The first-order chi connectivity index (χ1) is 11.5. The lowest BCUT2D eigenvalue weighted by atomic mass is 10.1. The number of anilines is 1. The minimum absolute atomic E-state index is 0.0524. The Bertz CT molecular complexity index is 755. The number of amides is 2. The highest BCUT2D eigenvalue weighted by Gasteiger charge is 2.33. The first-order valence-electron chi connectivity index (χ1n) is 7.42. The molecule has 1 N–H and O–H groups in total. The van der Waals surface area contributed by atoms with Crippen LogP contribution in [0.1, 0.15) is 16.8 Å². The van der Waals surface area contributed by atoms with Crippen LogP contribution in [0.5, 0.6) is 5.75 Å². The van der Waals surface area contributed by atoms with E-state index in [-0.39, 0.29) is 18.2 Å². The van der Waals surface area contributed by atoms with E-state index in [1.807, 2.05) is 5.38 Å². The summed E-state index contributed by atoms with van der Waals surface area (Å²) in [6.45, 7) is 0.381. The van der Waals surface area contributed by atoms with Gasteiger partial charge in [-0.05, 0) is 35.7 Å². The van der Waals surface area contributed by atoms with Crippen molar-refractivity contribution in [2.75, 3.05) is 18.9 Å². The zero-order valence-corrected chi connectivity index (χ0v) is 13.8. The molecule has 0 radical (unpaired) electrons. The quantitative estimate of drug-likeness (QED) is 0.682. The predicted molar refractivity (Wildman–Crippen MR) is 90.1 cm³/mol. The average Bonchev–Trinajstić information content (AvgIpc) is 3.20. The highest BCUT2D eigenvalue weighted by atomic mass is 32.1. The summed E-state index contributed by atoms with van der Waals surface area (Å²) in [5.41, 5.74) is 1.22. The Morgan fingerprint density at radius 1 is 1.25 bits per heavy atom. The van der Waals surface area contributed by atoms with Crippen molar-refractivity contribution in [2.24, 2.45) is 5.92 Å². The molecule has 2 heterocycles. The maximum absolute atomic E-state index is 12.1. The third-order valence-corrected chi connectivity index (χ3v) is 4.47. The highest BCUT2D eigenvalue weighted by molar-refractivity contribution is 7.08. The molecule has 0 aliphatic carbocycles. The van der Waals surface area contributed by atoms with Crippen LogP contribution >= 0.6 is 11.3 Å². The lowest BCUT2D eigenvalue weighted by molar-refractivity contribution is -0.139. The molecule has 1 aliphatic rings. The molecule has 1 aliphatic heterocycles. The molecule has 2 aromatic rings. The number of rotatable bonds is 4. The van der Waals surface area contributed by atoms with Gasteiger partial charge in [-0.25, -0.2) is 0 Å². The molecule has 1 atom stereocenters. The molecule has 1 unspecified atom stereocenters. The fourth-order valence-electron chi connectivity index (χ4n) is 2.42. The fourth-order valence-corrected chi connectivity index (χ4v) is 3.06. The monoisotopic (exact) mass is 344 g/mol. The van der Waals surface area contributed by atoms with Gasteiger partial charge in [0.15, 0.2) is 0 Å². The number of nitrogens with one attached hydrogen (secondary N) is 1. The largest absolute Gasteiger partial charge is 0.426 e. The van der Waals surface area contributed by atoms with Crippen molar-refractivity contribution in [2.45, 2.75) is 6.42 Å². The van der Waals surface area contributed by atoms with Crippen molar-refractivity contribution < 1.29 is 19.1 Å². The minimum atomic E-state index is -0.430. The summed E-state index contributed by atoms with van der Waals surface area (Å²) in [7, 11) is 1.67. The number of likely N-dealkylation sites (tertiary alicyclic amines) is 1. The van der Waals surface area contributed by atoms with Crippen LogP contribution < -0.4 is 10.1 Å². The number of esters is 1. The SMILES string of the molecule is CN1CC(C(=O)Oc2ccc(NC(=O)c3ccsc3)cc2)CC1=O. The molecule has 6 nitrogen and oxygen atoms in total. The minimum Gasteiger partial charge on any atom is -0.426 e. The second-order valence-corrected chi connectivity index (χ2v) is 6.37. The third kappa shape index (κ3) is 3.62. The topological polar surface area (TPSA) is 75.7 Å². The molecule has 7 heteroatoms. The molecule has 24 heavy (non-hydrogen) atoms. The average molecular weight is 344 g/mol. The summed E-state index contributed by atoms with van der Waals surface area (Å²) in [6.07, 6.45) is 0.185. The van der Waals surface area contributed by atoms with Gasteiger partial charge in [0.2, 0.25) is 5.91 Å². The Kier molecular flexibility index (Phi) is 4.61. The number of nitrogens with zero attached hydrogens (tertiary/aromatic N) is 1. The smallest absolute Gasteiger partial charge is 0.316 e. The van der Waals surface area contributed by atoms with Crippen LogP contribution in [-0.2, 0) is 9.59 Å². The Labute approximate surface area is 143 Å². The number of hydrogen-bond acceptors (Lipinski definition) is 5. The fraction of sp³-hybridized carbons (Fsp3) is 0.235. The van der Waals surface area contributed by atoms with E-state index in [0.717, 1.165) is 0 Å². The van der Waals surface area contributed by atoms with Crippen LogP contribution in [0, 0.1) is 5.92 Å². The molecule has 1 aromatic heterocycles. The highest BCUT2D eigenvalue weighted by Crippen LogP contribution is 2.21. The zero-order valence-electron chi connectivity index (χ0n) is 13.0. The van der Waals surface area contributed by atoms with Gasteiger partial charge >= 0.3 is 5.97 Å².